The van der Waals surface area contributed by atoms with Gasteiger partial charge >= 0.3 is 0 Å². The summed E-state index contributed by atoms with van der Waals surface area (Å²) in [6, 6.07) is 8.66. The number of amides is 1. The number of aromatic nitrogens is 2. The monoisotopic (exact) mass is 402 g/mol. The molecule has 2 heterocycles. The van der Waals surface area contributed by atoms with Crippen LogP contribution < -0.4 is 5.73 Å². The van der Waals surface area contributed by atoms with E-state index in [1.54, 1.807) is 23.0 Å². The van der Waals surface area contributed by atoms with Gasteiger partial charge in [-0.3, -0.25) is 9.48 Å². The summed E-state index contributed by atoms with van der Waals surface area (Å²) < 4.78 is 30.3. The number of nitrogens with two attached hydrogens (primary N) is 1. The summed E-state index contributed by atoms with van der Waals surface area (Å²) in [4.78, 5) is 12.2. The van der Waals surface area contributed by atoms with Crippen molar-refractivity contribution in [3.8, 4) is 6.07 Å². The van der Waals surface area contributed by atoms with Crippen LogP contribution in [0.3, 0.4) is 0 Å². The van der Waals surface area contributed by atoms with Gasteiger partial charge in [0.05, 0.1) is 34.2 Å². The number of primary amides is 1. The number of nitrogens with zero attached hydrogens (tertiary/aromatic N) is 3. The Kier molecular flexibility index (Phi) is 5.54. The molecule has 1 aromatic heterocycles. The van der Waals surface area contributed by atoms with E-state index in [4.69, 9.17) is 10.5 Å². The third-order valence-corrected chi connectivity index (χ3v) is 6.23. The van der Waals surface area contributed by atoms with Crippen LogP contribution in [0, 0.1) is 11.3 Å². The number of benzene rings is 1. The van der Waals surface area contributed by atoms with Crippen LogP contribution in [-0.2, 0) is 26.5 Å². The summed E-state index contributed by atoms with van der Waals surface area (Å²) in [5.74, 6) is -0.590. The van der Waals surface area contributed by atoms with Crippen LogP contribution in [0.25, 0.3) is 0 Å². The second-order valence-electron chi connectivity index (χ2n) is 7.06. The van der Waals surface area contributed by atoms with E-state index < -0.39 is 21.3 Å². The SMILES string of the molecule is CS(=O)(=O)c1ccc(Cc2nn(C3(CC#N)CCOCC3)cc2C(N)=O)cc1. The molecule has 28 heavy (non-hydrogen) atoms. The average molecular weight is 402 g/mol. The topological polar surface area (TPSA) is 128 Å². The van der Waals surface area contributed by atoms with Crippen LogP contribution in [0.4, 0.5) is 0 Å². The molecule has 0 aliphatic carbocycles. The molecule has 1 aromatic carbocycles. The first-order chi connectivity index (χ1) is 13.2. The van der Waals surface area contributed by atoms with Crippen molar-refractivity contribution in [2.24, 2.45) is 5.73 Å². The van der Waals surface area contributed by atoms with E-state index in [2.05, 4.69) is 11.2 Å². The van der Waals surface area contributed by atoms with Crippen LogP contribution in [0.15, 0.2) is 35.4 Å². The zero-order chi connectivity index (χ0) is 20.4. The predicted molar refractivity (Wildman–Crippen MR) is 101 cm³/mol. The van der Waals surface area contributed by atoms with Gasteiger partial charge in [-0.2, -0.15) is 10.4 Å². The number of rotatable bonds is 6. The molecule has 1 aliphatic rings. The summed E-state index contributed by atoms with van der Waals surface area (Å²) in [7, 11) is -3.28. The second kappa shape index (κ2) is 7.73. The lowest BCUT2D eigenvalue weighted by atomic mass is 9.87. The van der Waals surface area contributed by atoms with Crippen LogP contribution in [-0.4, -0.2) is 43.6 Å². The molecular formula is C19H22N4O4S. The highest BCUT2D eigenvalue weighted by Crippen LogP contribution is 2.33. The molecule has 2 N–H and O–H groups in total. The summed E-state index contributed by atoms with van der Waals surface area (Å²) in [5.41, 5.74) is 6.64. The third-order valence-electron chi connectivity index (χ3n) is 5.10. The van der Waals surface area contributed by atoms with E-state index in [9.17, 15) is 18.5 Å². The highest BCUT2D eigenvalue weighted by Gasteiger charge is 2.36. The predicted octanol–water partition coefficient (Wildman–Crippen LogP) is 1.40. The normalized spacial score (nSPS) is 16.4. The molecule has 3 rings (SSSR count). The fourth-order valence-corrected chi connectivity index (χ4v) is 4.05. The summed E-state index contributed by atoms with van der Waals surface area (Å²) in [6.07, 6.45) is 4.61. The van der Waals surface area contributed by atoms with Crippen LogP contribution in [0.5, 0.6) is 0 Å². The fourth-order valence-electron chi connectivity index (χ4n) is 3.42. The largest absolute Gasteiger partial charge is 0.381 e. The van der Waals surface area contributed by atoms with Gasteiger partial charge in [0.1, 0.15) is 0 Å². The van der Waals surface area contributed by atoms with Crippen molar-refractivity contribution in [3.05, 3.63) is 47.3 Å². The molecule has 2 aromatic rings. The van der Waals surface area contributed by atoms with Crippen molar-refractivity contribution in [2.45, 2.75) is 36.1 Å². The van der Waals surface area contributed by atoms with E-state index in [-0.39, 0.29) is 11.3 Å². The van der Waals surface area contributed by atoms with Gasteiger partial charge in [-0.25, -0.2) is 8.42 Å². The maximum atomic E-state index is 12.0. The Labute approximate surface area is 163 Å². The highest BCUT2D eigenvalue weighted by atomic mass is 32.2. The van der Waals surface area contributed by atoms with Crippen molar-refractivity contribution in [2.75, 3.05) is 19.5 Å². The fraction of sp³-hybridized carbons (Fsp3) is 0.421. The van der Waals surface area contributed by atoms with E-state index in [1.807, 2.05) is 0 Å². The maximum absolute atomic E-state index is 12.0. The van der Waals surface area contributed by atoms with Gasteiger partial charge in [-0.15, -0.1) is 0 Å². The molecular weight excluding hydrogens is 380 g/mol. The average Bonchev–Trinajstić information content (AvgIpc) is 3.07. The standard InChI is InChI=1S/C19H22N4O4S/c1-28(25,26)15-4-2-14(3-5-15)12-17-16(18(21)24)13-23(22-17)19(6-9-20)7-10-27-11-8-19/h2-5,13H,6-8,10-12H2,1H3,(H2,21,24). The lowest BCUT2D eigenvalue weighted by molar-refractivity contribution is 0.0170. The molecule has 0 atom stereocenters. The number of sulfone groups is 1. The van der Waals surface area contributed by atoms with E-state index in [0.717, 1.165) is 11.8 Å². The quantitative estimate of drug-likeness (QED) is 0.778. The zero-order valence-corrected chi connectivity index (χ0v) is 16.4. The van der Waals surface area contributed by atoms with Gasteiger partial charge in [0.2, 0.25) is 0 Å². The van der Waals surface area contributed by atoms with E-state index >= 15 is 0 Å². The Morgan fingerprint density at radius 1 is 1.32 bits per heavy atom. The van der Waals surface area contributed by atoms with Crippen LogP contribution in [0.1, 0.15) is 40.9 Å². The summed E-state index contributed by atoms with van der Waals surface area (Å²) in [5, 5.41) is 13.9. The second-order valence-corrected chi connectivity index (χ2v) is 9.08. The molecule has 0 unspecified atom stereocenters. The Hall–Kier alpha value is -2.70. The molecule has 1 saturated heterocycles. The number of carbonyl (C=O) groups excluding carboxylic acids is 1. The van der Waals surface area contributed by atoms with Crippen molar-refractivity contribution < 1.29 is 17.9 Å². The van der Waals surface area contributed by atoms with Crippen LogP contribution in [0.2, 0.25) is 0 Å². The van der Waals surface area contributed by atoms with Gasteiger partial charge in [0.15, 0.2) is 9.84 Å². The minimum Gasteiger partial charge on any atom is -0.381 e. The van der Waals surface area contributed by atoms with Gasteiger partial charge < -0.3 is 10.5 Å². The molecule has 0 saturated carbocycles. The summed E-state index contributed by atoms with van der Waals surface area (Å²) in [6.45, 7) is 1.05. The van der Waals surface area contributed by atoms with Crippen LogP contribution >= 0.6 is 0 Å². The maximum Gasteiger partial charge on any atom is 0.252 e. The minimum absolute atomic E-state index is 0.229. The molecule has 9 heteroatoms. The Morgan fingerprint density at radius 2 is 1.96 bits per heavy atom. The minimum atomic E-state index is -3.28. The Morgan fingerprint density at radius 3 is 2.50 bits per heavy atom. The van der Waals surface area contributed by atoms with Gasteiger partial charge in [0.25, 0.3) is 5.91 Å². The number of nitriles is 1. The molecule has 8 nitrogen and oxygen atoms in total. The van der Waals surface area contributed by atoms with Gasteiger partial charge in [-0.1, -0.05) is 12.1 Å². The number of hydrogen-bond donors (Lipinski definition) is 1. The molecule has 0 radical (unpaired) electrons. The van der Waals surface area contributed by atoms with Crippen molar-refractivity contribution >= 4 is 15.7 Å². The van der Waals surface area contributed by atoms with Crippen molar-refractivity contribution in [1.29, 1.82) is 5.26 Å². The highest BCUT2D eigenvalue weighted by molar-refractivity contribution is 7.90. The Bertz CT molecular complexity index is 1010. The molecule has 0 spiro atoms. The van der Waals surface area contributed by atoms with Gasteiger partial charge in [-0.05, 0) is 30.5 Å². The van der Waals surface area contributed by atoms with Gasteiger partial charge in [0, 0.05) is 32.1 Å². The van der Waals surface area contributed by atoms with Crippen molar-refractivity contribution in [1.82, 2.24) is 9.78 Å². The molecule has 148 valence electrons. The van der Waals surface area contributed by atoms with E-state index in [1.165, 1.54) is 12.1 Å². The first-order valence-electron chi connectivity index (χ1n) is 8.88. The number of hydrogen-bond acceptors (Lipinski definition) is 6. The third kappa shape index (κ3) is 4.08. The smallest absolute Gasteiger partial charge is 0.252 e. The first-order valence-corrected chi connectivity index (χ1v) is 10.8. The zero-order valence-electron chi connectivity index (χ0n) is 15.6. The lowest BCUT2D eigenvalue weighted by Gasteiger charge is -2.35. The Balaban J connectivity index is 1.95. The van der Waals surface area contributed by atoms with Crippen molar-refractivity contribution in [3.63, 3.8) is 0 Å². The summed E-state index contributed by atoms with van der Waals surface area (Å²) >= 11 is 0. The number of carbonyl (C=O) groups is 1. The lowest BCUT2D eigenvalue weighted by Crippen LogP contribution is -2.39. The molecule has 0 bridgehead atoms. The first kappa shape index (κ1) is 20.0. The molecule has 1 fully saturated rings. The van der Waals surface area contributed by atoms with E-state index in [0.29, 0.717) is 43.7 Å². The molecule has 1 aliphatic heterocycles. The number of ether oxygens (including phenoxy) is 1. The molecule has 1 amide bonds.